The highest BCUT2D eigenvalue weighted by Crippen LogP contribution is 2.19. The third kappa shape index (κ3) is 4.49. The van der Waals surface area contributed by atoms with E-state index in [2.05, 4.69) is 4.98 Å². The van der Waals surface area contributed by atoms with Crippen LogP contribution in [0.25, 0.3) is 0 Å². The Morgan fingerprint density at radius 3 is 2.81 bits per heavy atom. The van der Waals surface area contributed by atoms with E-state index < -0.39 is 0 Å². The Balaban J connectivity index is 1.73. The summed E-state index contributed by atoms with van der Waals surface area (Å²) in [6.45, 7) is 2.34. The highest BCUT2D eigenvalue weighted by molar-refractivity contribution is 5.69. The molecule has 0 radical (unpaired) electrons. The molecule has 21 heavy (non-hydrogen) atoms. The molecule has 0 saturated carbocycles. The zero-order chi connectivity index (χ0) is 15.1. The molecule has 1 aromatic heterocycles. The van der Waals surface area contributed by atoms with Crippen LogP contribution in [-0.2, 0) is 16.1 Å². The summed E-state index contributed by atoms with van der Waals surface area (Å²) in [4.78, 5) is 15.8. The van der Waals surface area contributed by atoms with Crippen LogP contribution < -0.4 is 10.5 Å². The predicted octanol–water partition coefficient (Wildman–Crippen LogP) is 2.48. The molecule has 0 atom stereocenters. The van der Waals surface area contributed by atoms with Crippen LogP contribution in [-0.4, -0.2) is 17.6 Å². The van der Waals surface area contributed by atoms with E-state index in [1.165, 1.54) is 0 Å². The number of hydrogen-bond acceptors (Lipinski definition) is 5. The van der Waals surface area contributed by atoms with Crippen molar-refractivity contribution in [3.63, 3.8) is 0 Å². The van der Waals surface area contributed by atoms with Gasteiger partial charge in [-0.1, -0.05) is 18.2 Å². The summed E-state index contributed by atoms with van der Waals surface area (Å²) >= 11 is 0. The molecule has 0 aliphatic heterocycles. The monoisotopic (exact) mass is 286 g/mol. The number of aryl methyl sites for hydroxylation is 1. The van der Waals surface area contributed by atoms with Crippen LogP contribution in [0, 0.1) is 6.92 Å². The van der Waals surface area contributed by atoms with Gasteiger partial charge in [0.2, 0.25) is 0 Å². The van der Waals surface area contributed by atoms with Crippen LogP contribution >= 0.6 is 0 Å². The van der Waals surface area contributed by atoms with Crippen molar-refractivity contribution in [2.75, 3.05) is 12.3 Å². The van der Waals surface area contributed by atoms with Gasteiger partial charge in [0.05, 0.1) is 24.4 Å². The molecule has 5 nitrogen and oxygen atoms in total. The first-order chi connectivity index (χ1) is 10.2. The van der Waals surface area contributed by atoms with Gasteiger partial charge in [-0.05, 0) is 30.7 Å². The van der Waals surface area contributed by atoms with Crippen molar-refractivity contribution in [1.82, 2.24) is 4.98 Å². The number of nitrogen functional groups attached to an aromatic ring is 1. The molecule has 0 aliphatic rings. The molecule has 2 aromatic rings. The molecule has 0 bridgehead atoms. The molecule has 0 amide bonds. The standard InChI is InChI=1S/C16H18N2O3/c1-12-5-4-9-18-14(12)11-21-16(19)8-10-20-15-7-3-2-6-13(15)17/h2-7,9H,8,10-11,17H2,1H3. The van der Waals surface area contributed by atoms with Gasteiger partial charge in [0.25, 0.3) is 0 Å². The number of rotatable bonds is 6. The van der Waals surface area contributed by atoms with Gasteiger partial charge in [-0.3, -0.25) is 9.78 Å². The fourth-order valence-electron chi connectivity index (χ4n) is 1.75. The Morgan fingerprint density at radius 2 is 2.05 bits per heavy atom. The number of ether oxygens (including phenoxy) is 2. The Labute approximate surface area is 123 Å². The molecule has 1 heterocycles. The third-order valence-corrected chi connectivity index (χ3v) is 2.97. The summed E-state index contributed by atoms with van der Waals surface area (Å²) in [7, 11) is 0. The highest BCUT2D eigenvalue weighted by Gasteiger charge is 2.07. The zero-order valence-corrected chi connectivity index (χ0v) is 11.9. The SMILES string of the molecule is Cc1cccnc1COC(=O)CCOc1ccccc1N. The Bertz CT molecular complexity index is 614. The fraction of sp³-hybridized carbons (Fsp3) is 0.250. The molecule has 5 heteroatoms. The summed E-state index contributed by atoms with van der Waals surface area (Å²) in [6, 6.07) is 10.9. The van der Waals surface area contributed by atoms with E-state index in [9.17, 15) is 4.79 Å². The number of nitrogens with two attached hydrogens (primary N) is 1. The van der Waals surface area contributed by atoms with Crippen molar-refractivity contribution >= 4 is 11.7 Å². The third-order valence-electron chi connectivity index (χ3n) is 2.97. The molecule has 2 rings (SSSR count). The normalized spacial score (nSPS) is 10.1. The van der Waals surface area contributed by atoms with Crippen molar-refractivity contribution in [3.05, 3.63) is 53.9 Å². The lowest BCUT2D eigenvalue weighted by Crippen LogP contribution is -2.11. The average molecular weight is 286 g/mol. The van der Waals surface area contributed by atoms with Gasteiger partial charge in [0.1, 0.15) is 12.4 Å². The van der Waals surface area contributed by atoms with Crippen LogP contribution in [0.15, 0.2) is 42.6 Å². The molecule has 0 saturated heterocycles. The fourth-order valence-corrected chi connectivity index (χ4v) is 1.75. The molecule has 0 fully saturated rings. The second kappa shape index (κ2) is 7.28. The van der Waals surface area contributed by atoms with Crippen molar-refractivity contribution in [1.29, 1.82) is 0 Å². The largest absolute Gasteiger partial charge is 0.491 e. The minimum atomic E-state index is -0.324. The first kappa shape index (κ1) is 14.8. The Morgan fingerprint density at radius 1 is 1.24 bits per heavy atom. The number of carbonyl (C=O) groups excluding carboxylic acids is 1. The van der Waals surface area contributed by atoms with Crippen LogP contribution in [0.1, 0.15) is 17.7 Å². The highest BCUT2D eigenvalue weighted by atomic mass is 16.5. The number of esters is 1. The van der Waals surface area contributed by atoms with Crippen molar-refractivity contribution in [2.24, 2.45) is 0 Å². The molecule has 0 spiro atoms. The maximum absolute atomic E-state index is 11.6. The van der Waals surface area contributed by atoms with Gasteiger partial charge in [-0.25, -0.2) is 0 Å². The van der Waals surface area contributed by atoms with E-state index in [0.29, 0.717) is 11.4 Å². The number of carbonyl (C=O) groups is 1. The summed E-state index contributed by atoms with van der Waals surface area (Å²) in [5, 5.41) is 0. The molecule has 0 unspecified atom stereocenters. The maximum Gasteiger partial charge on any atom is 0.309 e. The topological polar surface area (TPSA) is 74.4 Å². The number of aromatic nitrogens is 1. The molecule has 0 aliphatic carbocycles. The van der Waals surface area contributed by atoms with Crippen LogP contribution in [0.2, 0.25) is 0 Å². The molecular weight excluding hydrogens is 268 g/mol. The van der Waals surface area contributed by atoms with Crippen LogP contribution in [0.5, 0.6) is 5.75 Å². The van der Waals surface area contributed by atoms with Gasteiger partial charge in [-0.15, -0.1) is 0 Å². The average Bonchev–Trinajstić information content (AvgIpc) is 2.48. The first-order valence-electron chi connectivity index (χ1n) is 6.70. The maximum atomic E-state index is 11.6. The van der Waals surface area contributed by atoms with Gasteiger partial charge >= 0.3 is 5.97 Å². The van der Waals surface area contributed by atoms with E-state index >= 15 is 0 Å². The van der Waals surface area contributed by atoms with Crippen LogP contribution in [0.3, 0.4) is 0 Å². The minimum absolute atomic E-state index is 0.167. The van der Waals surface area contributed by atoms with E-state index in [-0.39, 0.29) is 25.6 Å². The molecule has 110 valence electrons. The summed E-state index contributed by atoms with van der Waals surface area (Å²) < 4.78 is 10.6. The summed E-state index contributed by atoms with van der Waals surface area (Å²) in [5.41, 5.74) is 8.05. The van der Waals surface area contributed by atoms with Gasteiger partial charge < -0.3 is 15.2 Å². The van der Waals surface area contributed by atoms with Crippen molar-refractivity contribution in [2.45, 2.75) is 20.0 Å². The number of hydrogen-bond donors (Lipinski definition) is 1. The van der Waals surface area contributed by atoms with E-state index in [4.69, 9.17) is 15.2 Å². The van der Waals surface area contributed by atoms with E-state index in [0.717, 1.165) is 11.3 Å². The number of nitrogens with zero attached hydrogens (tertiary/aromatic N) is 1. The summed E-state index contributed by atoms with van der Waals surface area (Å²) in [6.07, 6.45) is 1.84. The quantitative estimate of drug-likeness (QED) is 0.652. The Hall–Kier alpha value is -2.56. The van der Waals surface area contributed by atoms with Gasteiger partial charge in [0, 0.05) is 6.20 Å². The summed E-state index contributed by atoms with van der Waals surface area (Å²) in [5.74, 6) is 0.250. The predicted molar refractivity (Wildman–Crippen MR) is 79.7 cm³/mol. The minimum Gasteiger partial charge on any atom is -0.491 e. The van der Waals surface area contributed by atoms with E-state index in [1.807, 2.05) is 31.2 Å². The number of pyridine rings is 1. The van der Waals surface area contributed by atoms with Crippen LogP contribution in [0.4, 0.5) is 5.69 Å². The van der Waals surface area contributed by atoms with E-state index in [1.54, 1.807) is 18.3 Å². The second-order valence-electron chi connectivity index (χ2n) is 4.56. The van der Waals surface area contributed by atoms with Gasteiger partial charge in [0.15, 0.2) is 0 Å². The molecule has 1 aromatic carbocycles. The Kier molecular flexibility index (Phi) is 5.15. The molecular formula is C16H18N2O3. The second-order valence-corrected chi connectivity index (χ2v) is 4.56. The number of benzene rings is 1. The van der Waals surface area contributed by atoms with Crippen molar-refractivity contribution < 1.29 is 14.3 Å². The first-order valence-corrected chi connectivity index (χ1v) is 6.70. The zero-order valence-electron chi connectivity index (χ0n) is 11.9. The molecule has 2 N–H and O–H groups in total. The number of para-hydroxylation sites is 2. The lowest BCUT2D eigenvalue weighted by molar-refractivity contribution is -0.145. The lowest BCUT2D eigenvalue weighted by atomic mass is 10.2. The smallest absolute Gasteiger partial charge is 0.309 e. The van der Waals surface area contributed by atoms with Gasteiger partial charge in [-0.2, -0.15) is 0 Å². The van der Waals surface area contributed by atoms with Crippen molar-refractivity contribution in [3.8, 4) is 5.75 Å². The number of anilines is 1. The lowest BCUT2D eigenvalue weighted by Gasteiger charge is -2.09.